The minimum Gasteiger partial charge on any atom is -0.356 e. The van der Waals surface area contributed by atoms with E-state index in [0.29, 0.717) is 12.8 Å². The Morgan fingerprint density at radius 2 is 2.24 bits per heavy atom. The van der Waals surface area contributed by atoms with Gasteiger partial charge in [0.15, 0.2) is 0 Å². The second-order valence-corrected chi connectivity index (χ2v) is 5.77. The Hall–Kier alpha value is -1.75. The number of carbonyl (C=O) groups is 1. The van der Waals surface area contributed by atoms with Crippen molar-refractivity contribution in [2.45, 2.75) is 39.0 Å². The van der Waals surface area contributed by atoms with Gasteiger partial charge in [0.2, 0.25) is 5.91 Å². The van der Waals surface area contributed by atoms with E-state index in [9.17, 15) is 4.79 Å². The van der Waals surface area contributed by atoms with Crippen molar-refractivity contribution < 1.29 is 4.79 Å². The Bertz CT molecular complexity index is 554. The third kappa shape index (κ3) is 5.27. The Kier molecular flexibility index (Phi) is 6.34. The van der Waals surface area contributed by atoms with Gasteiger partial charge in [-0.3, -0.25) is 9.78 Å². The summed E-state index contributed by atoms with van der Waals surface area (Å²) in [6, 6.07) is 5.79. The summed E-state index contributed by atoms with van der Waals surface area (Å²) in [6.07, 6.45) is 6.34. The lowest BCUT2D eigenvalue weighted by Crippen LogP contribution is -2.24. The van der Waals surface area contributed by atoms with Gasteiger partial charge in [-0.15, -0.1) is 11.3 Å². The number of aryl methyl sites for hydroxylation is 1. The molecule has 0 aromatic carbocycles. The predicted octanol–water partition coefficient (Wildman–Crippen LogP) is 3.44. The third-order valence-electron chi connectivity index (χ3n) is 3.15. The molecule has 2 aromatic rings. The molecular weight excluding hydrogens is 282 g/mol. The van der Waals surface area contributed by atoms with Crippen LogP contribution in [0.25, 0.3) is 10.7 Å². The molecule has 0 bridgehead atoms. The second kappa shape index (κ2) is 8.52. The van der Waals surface area contributed by atoms with Crippen molar-refractivity contribution in [3.05, 3.63) is 35.5 Å². The molecular formula is C16H21N3OS. The first-order chi connectivity index (χ1) is 10.3. The summed E-state index contributed by atoms with van der Waals surface area (Å²) >= 11 is 1.57. The van der Waals surface area contributed by atoms with E-state index >= 15 is 0 Å². The van der Waals surface area contributed by atoms with Crippen LogP contribution < -0.4 is 5.32 Å². The molecule has 5 heteroatoms. The largest absolute Gasteiger partial charge is 0.356 e. The van der Waals surface area contributed by atoms with Crippen molar-refractivity contribution in [1.82, 2.24) is 15.3 Å². The number of pyridine rings is 1. The van der Waals surface area contributed by atoms with Crippen molar-refractivity contribution in [3.8, 4) is 10.7 Å². The zero-order valence-electron chi connectivity index (χ0n) is 12.3. The molecule has 0 atom stereocenters. The topological polar surface area (TPSA) is 54.9 Å². The van der Waals surface area contributed by atoms with Crippen LogP contribution >= 0.6 is 11.3 Å². The number of thiazole rings is 1. The highest BCUT2D eigenvalue weighted by atomic mass is 32.1. The second-order valence-electron chi connectivity index (χ2n) is 4.92. The Labute approximate surface area is 129 Å². The molecule has 0 aliphatic rings. The molecule has 21 heavy (non-hydrogen) atoms. The van der Waals surface area contributed by atoms with Crippen LogP contribution in [-0.2, 0) is 11.2 Å². The van der Waals surface area contributed by atoms with E-state index in [1.54, 1.807) is 17.5 Å². The maximum absolute atomic E-state index is 11.7. The number of nitrogens with zero attached hydrogens (tertiary/aromatic N) is 2. The number of unbranched alkanes of at least 4 members (excludes halogenated alkanes) is 2. The van der Waals surface area contributed by atoms with Crippen molar-refractivity contribution >= 4 is 17.2 Å². The minimum absolute atomic E-state index is 0.110. The fraction of sp³-hybridized carbons (Fsp3) is 0.438. The van der Waals surface area contributed by atoms with Gasteiger partial charge in [-0.1, -0.05) is 25.8 Å². The quantitative estimate of drug-likeness (QED) is 0.760. The van der Waals surface area contributed by atoms with E-state index in [4.69, 9.17) is 0 Å². The van der Waals surface area contributed by atoms with Gasteiger partial charge in [0, 0.05) is 24.5 Å². The van der Waals surface area contributed by atoms with Crippen LogP contribution in [0, 0.1) is 0 Å². The summed E-state index contributed by atoms with van der Waals surface area (Å²) in [5.74, 6) is 0.110. The molecule has 1 N–H and O–H groups in total. The molecule has 0 radical (unpaired) electrons. The zero-order chi connectivity index (χ0) is 14.9. The Morgan fingerprint density at radius 1 is 1.33 bits per heavy atom. The maximum Gasteiger partial charge on any atom is 0.220 e. The Balaban J connectivity index is 1.77. The number of hydrogen-bond acceptors (Lipinski definition) is 4. The summed E-state index contributed by atoms with van der Waals surface area (Å²) in [7, 11) is 0. The van der Waals surface area contributed by atoms with E-state index in [1.807, 2.05) is 23.6 Å². The highest BCUT2D eigenvalue weighted by Gasteiger charge is 2.07. The van der Waals surface area contributed by atoms with Gasteiger partial charge in [-0.2, -0.15) is 0 Å². The van der Waals surface area contributed by atoms with Gasteiger partial charge in [0.05, 0.1) is 11.4 Å². The van der Waals surface area contributed by atoms with E-state index < -0.39 is 0 Å². The van der Waals surface area contributed by atoms with Gasteiger partial charge in [-0.05, 0) is 25.0 Å². The summed E-state index contributed by atoms with van der Waals surface area (Å²) in [4.78, 5) is 20.5. The molecule has 2 heterocycles. The van der Waals surface area contributed by atoms with Crippen LogP contribution in [0.2, 0.25) is 0 Å². The average molecular weight is 303 g/mol. The highest BCUT2D eigenvalue weighted by Crippen LogP contribution is 2.21. The molecule has 0 spiro atoms. The average Bonchev–Trinajstić information content (AvgIpc) is 2.99. The molecule has 1 amide bonds. The number of hydrogen-bond donors (Lipinski definition) is 1. The standard InChI is InChI=1S/C16H21N3OS/c1-2-3-5-11-18-15(20)9-8-13-12-21-16(19-13)14-7-4-6-10-17-14/h4,6-7,10,12H,2-3,5,8-9,11H2,1H3,(H,18,20). The molecule has 2 rings (SSSR count). The van der Waals surface area contributed by atoms with Gasteiger partial charge in [0.25, 0.3) is 0 Å². The summed E-state index contributed by atoms with van der Waals surface area (Å²) in [6.45, 7) is 2.94. The lowest BCUT2D eigenvalue weighted by molar-refractivity contribution is -0.121. The third-order valence-corrected chi connectivity index (χ3v) is 4.06. The highest BCUT2D eigenvalue weighted by molar-refractivity contribution is 7.13. The monoisotopic (exact) mass is 303 g/mol. The van der Waals surface area contributed by atoms with Crippen molar-refractivity contribution in [1.29, 1.82) is 0 Å². The molecule has 4 nitrogen and oxygen atoms in total. The normalized spacial score (nSPS) is 10.5. The number of rotatable bonds is 8. The zero-order valence-corrected chi connectivity index (χ0v) is 13.2. The van der Waals surface area contributed by atoms with Gasteiger partial charge in [0.1, 0.15) is 5.01 Å². The number of nitrogens with one attached hydrogen (secondary N) is 1. The van der Waals surface area contributed by atoms with Crippen molar-refractivity contribution in [3.63, 3.8) is 0 Å². The van der Waals surface area contributed by atoms with Gasteiger partial charge in [-0.25, -0.2) is 4.98 Å². The van der Waals surface area contributed by atoms with Crippen LogP contribution in [0.5, 0.6) is 0 Å². The smallest absolute Gasteiger partial charge is 0.220 e. The van der Waals surface area contributed by atoms with Crippen molar-refractivity contribution in [2.75, 3.05) is 6.54 Å². The first kappa shape index (κ1) is 15.6. The summed E-state index contributed by atoms with van der Waals surface area (Å²) in [5.41, 5.74) is 1.85. The fourth-order valence-electron chi connectivity index (χ4n) is 1.96. The van der Waals surface area contributed by atoms with Crippen LogP contribution in [0.15, 0.2) is 29.8 Å². The molecule has 0 unspecified atom stereocenters. The summed E-state index contributed by atoms with van der Waals surface area (Å²) in [5, 5.41) is 5.87. The number of aromatic nitrogens is 2. The number of carbonyl (C=O) groups excluding carboxylic acids is 1. The van der Waals surface area contributed by atoms with E-state index in [0.717, 1.165) is 29.4 Å². The first-order valence-electron chi connectivity index (χ1n) is 7.42. The van der Waals surface area contributed by atoms with Gasteiger partial charge >= 0.3 is 0 Å². The maximum atomic E-state index is 11.7. The molecule has 0 saturated heterocycles. The van der Waals surface area contributed by atoms with Crippen LogP contribution in [0.4, 0.5) is 0 Å². The SMILES string of the molecule is CCCCCNC(=O)CCc1csc(-c2ccccn2)n1. The molecule has 0 aliphatic heterocycles. The molecule has 0 saturated carbocycles. The van der Waals surface area contributed by atoms with Gasteiger partial charge < -0.3 is 5.32 Å². The molecule has 0 aliphatic carbocycles. The minimum atomic E-state index is 0.110. The lowest BCUT2D eigenvalue weighted by Gasteiger charge is -2.03. The fourth-order valence-corrected chi connectivity index (χ4v) is 2.79. The number of amides is 1. The first-order valence-corrected chi connectivity index (χ1v) is 8.30. The van der Waals surface area contributed by atoms with Crippen LogP contribution in [-0.4, -0.2) is 22.4 Å². The molecule has 2 aromatic heterocycles. The molecule has 112 valence electrons. The summed E-state index contributed by atoms with van der Waals surface area (Å²) < 4.78 is 0. The molecule has 0 fully saturated rings. The van der Waals surface area contributed by atoms with Crippen molar-refractivity contribution in [2.24, 2.45) is 0 Å². The van der Waals surface area contributed by atoms with E-state index in [2.05, 4.69) is 22.2 Å². The van der Waals surface area contributed by atoms with E-state index in [-0.39, 0.29) is 5.91 Å². The predicted molar refractivity (Wildman–Crippen MR) is 86.2 cm³/mol. The van der Waals surface area contributed by atoms with Crippen LogP contribution in [0.3, 0.4) is 0 Å². The van der Waals surface area contributed by atoms with Crippen LogP contribution in [0.1, 0.15) is 38.3 Å². The lowest BCUT2D eigenvalue weighted by atomic mass is 10.2. The van der Waals surface area contributed by atoms with E-state index in [1.165, 1.54) is 12.8 Å². The Morgan fingerprint density at radius 3 is 3.00 bits per heavy atom.